The predicted molar refractivity (Wildman–Crippen MR) is 112 cm³/mol. The Hall–Kier alpha value is -3.71. The van der Waals surface area contributed by atoms with Crippen LogP contribution >= 0.6 is 11.3 Å². The molecule has 0 aliphatic carbocycles. The maximum atomic E-state index is 12.8. The van der Waals surface area contributed by atoms with E-state index in [4.69, 9.17) is 9.15 Å². The van der Waals surface area contributed by atoms with Crippen LogP contribution in [0.4, 0.5) is 5.69 Å². The summed E-state index contributed by atoms with van der Waals surface area (Å²) in [6, 6.07) is 17.8. The SMILES string of the molecule is COC(=O)c1sc(-c2ccccc2)cc1NC(=O)c1coc2ccccc2c1=O. The highest BCUT2D eigenvalue weighted by Crippen LogP contribution is 2.35. The van der Waals surface area contributed by atoms with Crippen molar-refractivity contribution >= 4 is 39.9 Å². The minimum absolute atomic E-state index is 0.146. The lowest BCUT2D eigenvalue weighted by Crippen LogP contribution is -2.21. The fourth-order valence-corrected chi connectivity index (χ4v) is 3.93. The summed E-state index contributed by atoms with van der Waals surface area (Å²) >= 11 is 1.20. The zero-order chi connectivity index (χ0) is 20.4. The summed E-state index contributed by atoms with van der Waals surface area (Å²) in [5, 5.41) is 2.96. The van der Waals surface area contributed by atoms with Gasteiger partial charge in [0.1, 0.15) is 22.3 Å². The minimum atomic E-state index is -0.660. The molecule has 2 aromatic carbocycles. The van der Waals surface area contributed by atoms with Crippen molar-refractivity contribution in [2.45, 2.75) is 0 Å². The number of anilines is 1. The smallest absolute Gasteiger partial charge is 0.350 e. The van der Waals surface area contributed by atoms with Gasteiger partial charge in [-0.15, -0.1) is 11.3 Å². The monoisotopic (exact) mass is 405 g/mol. The third-order valence-corrected chi connectivity index (χ3v) is 5.50. The minimum Gasteiger partial charge on any atom is -0.465 e. The number of methoxy groups -OCH3 is 1. The largest absolute Gasteiger partial charge is 0.465 e. The molecule has 0 radical (unpaired) electrons. The average molecular weight is 405 g/mol. The van der Waals surface area contributed by atoms with Gasteiger partial charge in [-0.1, -0.05) is 42.5 Å². The van der Waals surface area contributed by atoms with Gasteiger partial charge >= 0.3 is 5.97 Å². The van der Waals surface area contributed by atoms with Crippen LogP contribution in [0.15, 0.2) is 76.1 Å². The first-order valence-electron chi connectivity index (χ1n) is 8.68. The topological polar surface area (TPSA) is 85.6 Å². The molecule has 1 N–H and O–H groups in total. The Morgan fingerprint density at radius 1 is 1.03 bits per heavy atom. The van der Waals surface area contributed by atoms with E-state index < -0.39 is 17.3 Å². The van der Waals surface area contributed by atoms with Crippen LogP contribution in [0.25, 0.3) is 21.4 Å². The van der Waals surface area contributed by atoms with Gasteiger partial charge in [0.15, 0.2) is 0 Å². The van der Waals surface area contributed by atoms with Gasteiger partial charge in [-0.05, 0) is 23.8 Å². The Kier molecular flexibility index (Phi) is 4.97. The third-order valence-electron chi connectivity index (χ3n) is 4.33. The predicted octanol–water partition coefficient (Wildman–Crippen LogP) is 4.56. The normalized spacial score (nSPS) is 10.7. The Morgan fingerprint density at radius 2 is 1.76 bits per heavy atom. The van der Waals surface area contributed by atoms with Crippen molar-refractivity contribution in [2.24, 2.45) is 0 Å². The highest BCUT2D eigenvalue weighted by atomic mass is 32.1. The van der Waals surface area contributed by atoms with E-state index in [0.717, 1.165) is 16.7 Å². The maximum absolute atomic E-state index is 12.8. The van der Waals surface area contributed by atoms with E-state index >= 15 is 0 Å². The van der Waals surface area contributed by atoms with Gasteiger partial charge in [0.25, 0.3) is 5.91 Å². The zero-order valence-electron chi connectivity index (χ0n) is 15.3. The zero-order valence-corrected chi connectivity index (χ0v) is 16.1. The number of carbonyl (C=O) groups is 2. The number of esters is 1. The van der Waals surface area contributed by atoms with Crippen LogP contribution < -0.4 is 10.7 Å². The van der Waals surface area contributed by atoms with E-state index in [1.807, 2.05) is 30.3 Å². The van der Waals surface area contributed by atoms with Crippen LogP contribution in [-0.4, -0.2) is 19.0 Å². The van der Waals surface area contributed by atoms with E-state index in [0.29, 0.717) is 11.0 Å². The molecular weight excluding hydrogens is 390 g/mol. The number of hydrogen-bond donors (Lipinski definition) is 1. The fourth-order valence-electron chi connectivity index (χ4n) is 2.90. The van der Waals surface area contributed by atoms with Crippen LogP contribution in [0.2, 0.25) is 0 Å². The number of amides is 1. The van der Waals surface area contributed by atoms with E-state index in [1.54, 1.807) is 30.3 Å². The first-order valence-corrected chi connectivity index (χ1v) is 9.49. The number of hydrogen-bond acceptors (Lipinski definition) is 6. The number of fused-ring (bicyclic) bond motifs is 1. The molecule has 144 valence electrons. The summed E-state index contributed by atoms with van der Waals surface area (Å²) in [5.41, 5.74) is 0.979. The Balaban J connectivity index is 1.73. The van der Waals surface area contributed by atoms with Gasteiger partial charge < -0.3 is 14.5 Å². The molecular formula is C22H15NO5S. The molecule has 6 nitrogen and oxygen atoms in total. The lowest BCUT2D eigenvalue weighted by molar-refractivity contribution is 0.0607. The summed E-state index contributed by atoms with van der Waals surface area (Å²) in [7, 11) is 1.27. The van der Waals surface area contributed by atoms with Crippen LogP contribution in [0.1, 0.15) is 20.0 Å². The van der Waals surface area contributed by atoms with Crippen molar-refractivity contribution in [1.29, 1.82) is 0 Å². The van der Waals surface area contributed by atoms with Crippen LogP contribution in [0.3, 0.4) is 0 Å². The standard InChI is InChI=1S/C22H15NO5S/c1-27-22(26)20-16(11-18(29-20)13-7-3-2-4-8-13)23-21(25)15-12-28-17-10-6-5-9-14(17)19(15)24/h2-12H,1H3,(H,23,25). The molecule has 0 spiro atoms. The first kappa shape index (κ1) is 18.6. The molecule has 7 heteroatoms. The number of carbonyl (C=O) groups excluding carboxylic acids is 2. The van der Waals surface area contributed by atoms with Gasteiger partial charge in [-0.3, -0.25) is 9.59 Å². The molecule has 29 heavy (non-hydrogen) atoms. The maximum Gasteiger partial charge on any atom is 0.350 e. The van der Waals surface area contributed by atoms with Crippen LogP contribution in [0.5, 0.6) is 0 Å². The van der Waals surface area contributed by atoms with Crippen LogP contribution in [0, 0.1) is 0 Å². The van der Waals surface area contributed by atoms with Crippen molar-refractivity contribution in [3.05, 3.63) is 87.6 Å². The number of nitrogens with one attached hydrogen (secondary N) is 1. The number of rotatable bonds is 4. The third kappa shape index (κ3) is 3.55. The molecule has 0 unspecified atom stereocenters. The summed E-state index contributed by atoms with van der Waals surface area (Å²) in [4.78, 5) is 38.6. The van der Waals surface area contributed by atoms with Gasteiger partial charge in [0.2, 0.25) is 5.43 Å². The summed E-state index contributed by atoms with van der Waals surface area (Å²) in [6.45, 7) is 0. The highest BCUT2D eigenvalue weighted by molar-refractivity contribution is 7.18. The van der Waals surface area contributed by atoms with Gasteiger partial charge in [0.05, 0.1) is 18.2 Å². The summed E-state index contributed by atoms with van der Waals surface area (Å²) in [6.07, 6.45) is 1.13. The number of thiophene rings is 1. The lowest BCUT2D eigenvalue weighted by atomic mass is 10.1. The molecule has 4 rings (SSSR count). The molecule has 0 atom stereocenters. The number of benzene rings is 2. The second-order valence-corrected chi connectivity index (χ2v) is 7.19. The van der Waals surface area contributed by atoms with Crippen molar-refractivity contribution < 1.29 is 18.7 Å². The van der Waals surface area contributed by atoms with E-state index in [2.05, 4.69) is 5.32 Å². The van der Waals surface area contributed by atoms with Crippen molar-refractivity contribution in [3.63, 3.8) is 0 Å². The van der Waals surface area contributed by atoms with Crippen molar-refractivity contribution in [3.8, 4) is 10.4 Å². The van der Waals surface area contributed by atoms with Gasteiger partial charge in [-0.2, -0.15) is 0 Å². The Labute approximate surface area is 169 Å². The molecule has 2 heterocycles. The molecule has 2 aromatic heterocycles. The average Bonchev–Trinajstić information content (AvgIpc) is 3.18. The second-order valence-electron chi connectivity index (χ2n) is 6.14. The molecule has 4 aromatic rings. The summed E-state index contributed by atoms with van der Waals surface area (Å²) < 4.78 is 10.2. The van der Waals surface area contributed by atoms with Gasteiger partial charge in [0, 0.05) is 4.88 Å². The van der Waals surface area contributed by atoms with E-state index in [9.17, 15) is 14.4 Å². The second kappa shape index (κ2) is 7.73. The Bertz CT molecular complexity index is 1270. The van der Waals surface area contributed by atoms with E-state index in [-0.39, 0.29) is 16.1 Å². The van der Waals surface area contributed by atoms with Gasteiger partial charge in [-0.25, -0.2) is 4.79 Å². The van der Waals surface area contributed by atoms with Crippen molar-refractivity contribution in [2.75, 3.05) is 12.4 Å². The Morgan fingerprint density at radius 3 is 2.52 bits per heavy atom. The van der Waals surface area contributed by atoms with Crippen LogP contribution in [-0.2, 0) is 4.74 Å². The molecule has 0 saturated heterocycles. The number of ether oxygens (including phenoxy) is 1. The molecule has 0 bridgehead atoms. The fraction of sp³-hybridized carbons (Fsp3) is 0.0455. The molecule has 1 amide bonds. The molecule has 0 aliphatic heterocycles. The first-order chi connectivity index (χ1) is 14.1. The van der Waals surface area contributed by atoms with Crippen molar-refractivity contribution in [1.82, 2.24) is 0 Å². The molecule has 0 saturated carbocycles. The highest BCUT2D eigenvalue weighted by Gasteiger charge is 2.22. The summed E-state index contributed by atoms with van der Waals surface area (Å²) in [5.74, 6) is -1.23. The number of para-hydroxylation sites is 1. The van der Waals surface area contributed by atoms with E-state index in [1.165, 1.54) is 18.4 Å². The quantitative estimate of drug-likeness (QED) is 0.503. The molecule has 0 fully saturated rings. The lowest BCUT2D eigenvalue weighted by Gasteiger charge is -2.05. The molecule has 0 aliphatic rings.